The first-order valence-electron chi connectivity index (χ1n) is 48.2. The number of thiol groups is 1. The van der Waals surface area contributed by atoms with Crippen LogP contribution < -0.4 is 40.7 Å². The van der Waals surface area contributed by atoms with Gasteiger partial charge in [0, 0.05) is 221 Å². The molecule has 17 rings (SSSR count). The van der Waals surface area contributed by atoms with E-state index in [1.165, 1.54) is 169 Å². The Morgan fingerprint density at radius 3 is 1.24 bits per heavy atom. The van der Waals surface area contributed by atoms with E-state index >= 15 is 0 Å². The molecule has 0 bridgehead atoms. The zero-order valence-corrected chi connectivity index (χ0v) is 97.0. The predicted molar refractivity (Wildman–Crippen MR) is 595 cm³/mol. The SMILES string of the molecule is BrCC1CCOCC1.Brc1csc(Br)n1.Brc1csc(SCC2CCOCC2)n1.CC(=O)SCC1CCOCC1.CC1(C)OB(c2cc(F)ncc2Cl)OC1(C)C.CCCNC1CCC(Cc2cc(-c3csc(SCC4CCOCC4)n3)c(Cl)cn2)CC1.CCCNC1CCC(N)CC1.Fc1cc(-c2csc(SCC3CCOCC3)n2)c(Cl)cn1.OCC1CCOCC1.SCC1CCOCC1.[AlH3].[H-].[Li+]. The van der Waals surface area contributed by atoms with Crippen molar-refractivity contribution in [2.24, 2.45) is 53.1 Å². The van der Waals surface area contributed by atoms with Gasteiger partial charge in [-0.2, -0.15) is 21.4 Å². The second-order valence-electron chi connectivity index (χ2n) is 36.2. The number of hydrogen-bond donors (Lipinski definition) is 5. The average Bonchev–Trinajstić information content (AvgIpc) is 1.62. The third-order valence-electron chi connectivity index (χ3n) is 25.0. The molecule has 15 heterocycles. The van der Waals surface area contributed by atoms with E-state index in [-0.39, 0.29) is 42.8 Å². The number of rotatable bonds is 25. The van der Waals surface area contributed by atoms with Crippen molar-refractivity contribution in [1.29, 1.82) is 0 Å². The maximum atomic E-state index is 13.2. The topological polar surface area (TPSA) is 261 Å². The molecule has 7 aromatic heterocycles. The van der Waals surface area contributed by atoms with E-state index in [1.54, 1.807) is 64.0 Å². The van der Waals surface area contributed by atoms with Gasteiger partial charge in [-0.25, -0.2) is 29.9 Å². The molecule has 138 heavy (non-hydrogen) atoms. The fraction of sp³-hybridized carbons (Fsp3) is 0.708. The molecule has 0 spiro atoms. The quantitative estimate of drug-likeness (QED) is 0.0117. The Hall–Kier alpha value is 0.715. The third-order valence-corrected chi connectivity index (χ3v) is 37.9. The van der Waals surface area contributed by atoms with Crippen LogP contribution >= 0.6 is 204 Å². The number of nitrogens with one attached hydrogen (secondary N) is 2. The molecule has 0 radical (unpaired) electrons. The molecule has 0 aromatic carbocycles. The summed E-state index contributed by atoms with van der Waals surface area (Å²) in [5.41, 5.74) is 9.79. The monoisotopic (exact) mass is 2410 g/mol. The van der Waals surface area contributed by atoms with Crippen LogP contribution in [0.4, 0.5) is 8.78 Å². The summed E-state index contributed by atoms with van der Waals surface area (Å²) in [5.74, 6) is 10.1. The third kappa shape index (κ3) is 51.7. The maximum Gasteiger partial charge on any atom is 1.00 e. The van der Waals surface area contributed by atoms with Crippen LogP contribution in [0.15, 0.2) is 84.5 Å². The Morgan fingerprint density at radius 2 is 0.877 bits per heavy atom. The first-order chi connectivity index (χ1) is 65.7. The smallest absolute Gasteiger partial charge is 1.00 e. The summed E-state index contributed by atoms with van der Waals surface area (Å²) in [5, 5.41) is 26.7. The Kier molecular flexibility index (Phi) is 68.1. The summed E-state index contributed by atoms with van der Waals surface area (Å²) in [4.78, 5) is 40.0. The zero-order valence-electron chi connectivity index (χ0n) is 82.0. The van der Waals surface area contributed by atoms with Crippen LogP contribution in [0.5, 0.6) is 0 Å². The maximum absolute atomic E-state index is 13.2. The molecule has 8 saturated heterocycles. The largest absolute Gasteiger partial charge is 1.00 e. The number of carbonyl (C=O) groups excluding carboxylic acids is 1. The summed E-state index contributed by atoms with van der Waals surface area (Å²) in [6.45, 7) is 29.1. The second-order valence-corrected chi connectivity index (χ2v) is 49.8. The number of aliphatic hydroxyl groups is 1. The minimum Gasteiger partial charge on any atom is -1.00 e. The van der Waals surface area contributed by atoms with E-state index in [0.29, 0.717) is 68.2 Å². The Bertz CT molecular complexity index is 4300. The number of hydrogen-bond acceptors (Lipinski definition) is 30. The van der Waals surface area contributed by atoms with E-state index < -0.39 is 30.2 Å². The van der Waals surface area contributed by atoms with Crippen LogP contribution in [0.1, 0.15) is 210 Å². The Labute approximate surface area is 932 Å². The van der Waals surface area contributed by atoms with Crippen molar-refractivity contribution in [3.63, 3.8) is 0 Å². The number of nitrogens with zero attached hydrogens (tertiary/aromatic N) is 7. The van der Waals surface area contributed by atoms with Crippen molar-refractivity contribution in [2.75, 3.05) is 146 Å². The van der Waals surface area contributed by atoms with Gasteiger partial charge in [0.2, 0.25) is 11.9 Å². The molecule has 10 aliphatic rings. The van der Waals surface area contributed by atoms with Crippen LogP contribution in [0.2, 0.25) is 15.1 Å². The van der Waals surface area contributed by atoms with Gasteiger partial charge < -0.3 is 65.4 Å². The molecule has 8 aliphatic heterocycles. The summed E-state index contributed by atoms with van der Waals surface area (Å²) in [6, 6.07) is 6.68. The molecular formula is C96H148AlBBr4Cl3F2LiN10O11S9. The second kappa shape index (κ2) is 73.8. The fourth-order valence-corrected chi connectivity index (χ4v) is 26.3. The molecule has 42 heteroatoms. The minimum absolute atomic E-state index is 0. The molecule has 5 N–H and O–H groups in total. The fourth-order valence-electron chi connectivity index (χ4n) is 15.5. The molecule has 10 fully saturated rings. The zero-order chi connectivity index (χ0) is 97.7. The molecule has 0 amide bonds. The minimum atomic E-state index is -0.662. The van der Waals surface area contributed by atoms with Gasteiger partial charge in [0.15, 0.2) is 39.4 Å². The van der Waals surface area contributed by atoms with Crippen LogP contribution in [0.25, 0.3) is 22.5 Å². The van der Waals surface area contributed by atoms with Gasteiger partial charge in [-0.3, -0.25) is 9.78 Å². The molecule has 2 saturated carbocycles. The van der Waals surface area contributed by atoms with E-state index in [2.05, 4.69) is 142 Å². The van der Waals surface area contributed by atoms with Crippen molar-refractivity contribution in [1.82, 2.24) is 45.5 Å². The van der Waals surface area contributed by atoms with E-state index in [1.807, 2.05) is 73.6 Å². The summed E-state index contributed by atoms with van der Waals surface area (Å²) in [6.07, 6.45) is 34.2. The molecule has 2 aliphatic carbocycles. The van der Waals surface area contributed by atoms with E-state index in [0.717, 1.165) is 247 Å². The van der Waals surface area contributed by atoms with Crippen LogP contribution in [-0.2, 0) is 53.7 Å². The number of pyridine rings is 3. The normalized spacial score (nSPS) is 20.9. The number of halogens is 9. The molecule has 0 atom stereocenters. The number of alkyl halides is 1. The number of thiazole rings is 4. The average molecular weight is 2420 g/mol. The van der Waals surface area contributed by atoms with Crippen LogP contribution in [-0.4, -0.2) is 245 Å². The summed E-state index contributed by atoms with van der Waals surface area (Å²) in [7, 11) is -0.662. The van der Waals surface area contributed by atoms with Crippen LogP contribution in [0, 0.1) is 59.2 Å². The van der Waals surface area contributed by atoms with Gasteiger partial charge in [-0.15, -0.1) is 45.3 Å². The predicted octanol–water partition coefficient (Wildman–Crippen LogP) is 21.7. The number of thioether (sulfide) groups is 4. The number of aromatic nitrogens is 7. The van der Waals surface area contributed by atoms with Crippen molar-refractivity contribution in [3.05, 3.63) is 104 Å². The van der Waals surface area contributed by atoms with Gasteiger partial charge in [0.1, 0.15) is 9.21 Å². The molecule has 21 nitrogen and oxygen atoms in total. The van der Waals surface area contributed by atoms with E-state index in [9.17, 15) is 13.6 Å². The van der Waals surface area contributed by atoms with Crippen LogP contribution in [0.3, 0.4) is 0 Å². The number of aliphatic hydroxyl groups excluding tert-OH is 1. The number of carbonyl (C=O) groups is 1. The molecule has 772 valence electrons. The molecule has 7 aromatic rings. The van der Waals surface area contributed by atoms with Crippen molar-refractivity contribution in [2.45, 2.75) is 251 Å². The number of ether oxygens (including phenoxy) is 7. The summed E-state index contributed by atoms with van der Waals surface area (Å²) < 4.78 is 80.8. The summed E-state index contributed by atoms with van der Waals surface area (Å²) >= 11 is 49.5. The van der Waals surface area contributed by atoms with Gasteiger partial charge >= 0.3 is 26.0 Å². The van der Waals surface area contributed by atoms with Gasteiger partial charge in [-0.1, -0.05) is 112 Å². The number of nitrogens with two attached hydrogens (primary N) is 1. The molecule has 0 unspecified atom stereocenters. The first kappa shape index (κ1) is 127. The van der Waals surface area contributed by atoms with Crippen molar-refractivity contribution < 1.29 is 81.4 Å². The van der Waals surface area contributed by atoms with Gasteiger partial charge in [0.05, 0.1) is 37.7 Å². The first-order valence-corrected chi connectivity index (χ1v) is 60.9. The Balaban J connectivity index is 0.000000283. The van der Waals surface area contributed by atoms with Gasteiger partial charge in [-0.05, 0) is 314 Å². The Morgan fingerprint density at radius 1 is 0.507 bits per heavy atom. The van der Waals surface area contributed by atoms with Crippen molar-refractivity contribution in [3.8, 4) is 22.5 Å². The van der Waals surface area contributed by atoms with E-state index in [4.69, 9.17) is 93.1 Å². The van der Waals surface area contributed by atoms with Crippen molar-refractivity contribution >= 4 is 239 Å². The van der Waals surface area contributed by atoms with Gasteiger partial charge in [0.25, 0.3) is 0 Å². The molecular weight excluding hydrogens is 2270 g/mol. The standard InChI is InChI=1S/C24H34ClN3OS2.C14H14ClFN2OS2.C11H14BClFNO2.C9H12BrNOS2.C9H20N2.C8H14O2S.C6H11BrO.C6H12O2.C6H12OS.C3HBr2NS.Al.Li.4H/c1-2-9-26-19-5-3-17(4-6-19)12-20-13-21(22(25)14-27-20)23-16-31-24(28-23)30-15-18-7-10-29-11-8-18;15-11-6-17-13(16)5-10(11)12-8-21-14(18-12)20-7-9-1-3-19-4-2-9;1-10(2)11(3,4)17-12(16-10)7-5-9(14)15-6-8(7)13;10-8-6-14-9(11-8)13-5-7-1-3-12-4-2-7;1-2-7-11-9-5-3-8(10)4-6-9;1-7(9)11-6-8-2-4-10-5-3-8;2*7-5-6-1-3-8-4-2-6;8-5-6-1-3-7-4-2-6;4-2-1-7-3(5)6-2;;;;;;/h13-14,16-19,26H,2-12,15H2,1H3;5-6,8-9H,1-4,7H2;5-6H,1-4H3;6-7H,1-5H2;8-9,11H,2-7,10H2,1H3;8H,2-6H2,1H3;6H,1-5H2;6-7H,1-5H2;6,8H,1-5H2;1H;;;;;;/q;;;;;;;;;;;+1;;;;-1.